The number of carbonyl (C=O) groups is 1. The van der Waals surface area contributed by atoms with Crippen molar-refractivity contribution in [1.82, 2.24) is 9.88 Å². The third-order valence-corrected chi connectivity index (χ3v) is 3.84. The summed E-state index contributed by atoms with van der Waals surface area (Å²) in [5.74, 6) is -0.0394. The number of aliphatic hydroxyl groups excluding tert-OH is 1. The van der Waals surface area contributed by atoms with Crippen molar-refractivity contribution in [3.8, 4) is 0 Å². The van der Waals surface area contributed by atoms with Gasteiger partial charge in [0.1, 0.15) is 0 Å². The predicted octanol–water partition coefficient (Wildman–Crippen LogP) is 1.13. The first kappa shape index (κ1) is 15.9. The molecule has 5 nitrogen and oxygen atoms in total. The van der Waals surface area contributed by atoms with Gasteiger partial charge in [0.05, 0.1) is 0 Å². The maximum absolute atomic E-state index is 11.6. The number of amides is 1. The standard InChI is InChI=1S/C13H22N2O3S/c1-10-7-19-12(18)15(10)6-4-5-11(17)14-8-13(2,3)9-16/h7,16H,4-6,8-9H2,1-3H3,(H,14,17). The van der Waals surface area contributed by atoms with E-state index >= 15 is 0 Å². The zero-order valence-corrected chi connectivity index (χ0v) is 12.5. The second kappa shape index (κ2) is 6.86. The summed E-state index contributed by atoms with van der Waals surface area (Å²) in [7, 11) is 0. The molecule has 0 saturated carbocycles. The largest absolute Gasteiger partial charge is 0.396 e. The maximum atomic E-state index is 11.6. The van der Waals surface area contributed by atoms with Gasteiger partial charge in [-0.1, -0.05) is 25.2 Å². The molecule has 19 heavy (non-hydrogen) atoms. The zero-order chi connectivity index (χ0) is 14.5. The van der Waals surface area contributed by atoms with E-state index in [-0.39, 0.29) is 22.8 Å². The maximum Gasteiger partial charge on any atom is 0.307 e. The number of aliphatic hydroxyl groups is 1. The summed E-state index contributed by atoms with van der Waals surface area (Å²) in [5, 5.41) is 13.7. The van der Waals surface area contributed by atoms with Crippen LogP contribution >= 0.6 is 11.3 Å². The quantitative estimate of drug-likeness (QED) is 0.789. The summed E-state index contributed by atoms with van der Waals surface area (Å²) >= 11 is 1.19. The Balaban J connectivity index is 2.30. The van der Waals surface area contributed by atoms with Gasteiger partial charge in [0, 0.05) is 42.6 Å². The molecule has 0 fully saturated rings. The summed E-state index contributed by atoms with van der Waals surface area (Å²) in [6.45, 7) is 6.74. The highest BCUT2D eigenvalue weighted by Crippen LogP contribution is 2.11. The van der Waals surface area contributed by atoms with E-state index in [4.69, 9.17) is 5.11 Å². The zero-order valence-electron chi connectivity index (χ0n) is 11.7. The van der Waals surface area contributed by atoms with Crippen LogP contribution in [0.2, 0.25) is 0 Å². The van der Waals surface area contributed by atoms with Crippen LogP contribution in [0.1, 0.15) is 32.4 Å². The summed E-state index contributed by atoms with van der Waals surface area (Å²) in [4.78, 5) is 23.1. The molecule has 0 spiro atoms. The molecule has 1 heterocycles. The highest BCUT2D eigenvalue weighted by Gasteiger charge is 2.17. The first-order valence-corrected chi connectivity index (χ1v) is 7.26. The van der Waals surface area contributed by atoms with Crippen molar-refractivity contribution < 1.29 is 9.90 Å². The minimum atomic E-state index is -0.295. The van der Waals surface area contributed by atoms with Crippen LogP contribution in [-0.4, -0.2) is 28.7 Å². The summed E-state index contributed by atoms with van der Waals surface area (Å²) in [6.07, 6.45) is 1.03. The lowest BCUT2D eigenvalue weighted by molar-refractivity contribution is -0.121. The number of hydrogen-bond donors (Lipinski definition) is 2. The number of aromatic nitrogens is 1. The van der Waals surface area contributed by atoms with Crippen molar-refractivity contribution in [2.45, 2.75) is 40.2 Å². The smallest absolute Gasteiger partial charge is 0.307 e. The molecule has 0 aliphatic heterocycles. The summed E-state index contributed by atoms with van der Waals surface area (Å²) in [5.41, 5.74) is 0.646. The second-order valence-electron chi connectivity index (χ2n) is 5.50. The van der Waals surface area contributed by atoms with Crippen LogP contribution in [0.25, 0.3) is 0 Å². The number of thiazole rings is 1. The second-order valence-corrected chi connectivity index (χ2v) is 6.32. The van der Waals surface area contributed by atoms with Crippen molar-refractivity contribution in [2.75, 3.05) is 13.2 Å². The van der Waals surface area contributed by atoms with Crippen LogP contribution in [-0.2, 0) is 11.3 Å². The Labute approximate surface area is 117 Å². The van der Waals surface area contributed by atoms with Crippen LogP contribution in [0.3, 0.4) is 0 Å². The fourth-order valence-electron chi connectivity index (χ4n) is 1.55. The van der Waals surface area contributed by atoms with Gasteiger partial charge in [-0.25, -0.2) is 0 Å². The van der Waals surface area contributed by atoms with Crippen molar-refractivity contribution in [2.24, 2.45) is 5.41 Å². The van der Waals surface area contributed by atoms with Crippen LogP contribution in [0.15, 0.2) is 10.2 Å². The third-order valence-electron chi connectivity index (χ3n) is 2.95. The van der Waals surface area contributed by atoms with E-state index in [1.807, 2.05) is 26.2 Å². The van der Waals surface area contributed by atoms with Gasteiger partial charge >= 0.3 is 4.87 Å². The van der Waals surface area contributed by atoms with Crippen LogP contribution in [0.4, 0.5) is 0 Å². The molecule has 1 amide bonds. The molecule has 0 aliphatic rings. The van der Waals surface area contributed by atoms with E-state index in [0.717, 1.165) is 5.69 Å². The number of hydrogen-bond acceptors (Lipinski definition) is 4. The lowest BCUT2D eigenvalue weighted by atomic mass is 9.95. The number of aryl methyl sites for hydroxylation is 1. The Morgan fingerprint density at radius 3 is 2.74 bits per heavy atom. The minimum absolute atomic E-state index is 0.0272. The number of nitrogens with one attached hydrogen (secondary N) is 1. The molecule has 0 bridgehead atoms. The van der Waals surface area contributed by atoms with E-state index in [1.165, 1.54) is 11.3 Å². The molecule has 0 atom stereocenters. The molecule has 0 saturated heterocycles. The van der Waals surface area contributed by atoms with E-state index < -0.39 is 0 Å². The van der Waals surface area contributed by atoms with Crippen molar-refractivity contribution >= 4 is 17.2 Å². The van der Waals surface area contributed by atoms with Crippen LogP contribution < -0.4 is 10.2 Å². The minimum Gasteiger partial charge on any atom is -0.396 e. The van der Waals surface area contributed by atoms with Gasteiger partial charge in [0.25, 0.3) is 0 Å². The average molecular weight is 286 g/mol. The molecule has 1 rings (SSSR count). The molecule has 0 aliphatic carbocycles. The van der Waals surface area contributed by atoms with Crippen LogP contribution in [0, 0.1) is 12.3 Å². The van der Waals surface area contributed by atoms with Gasteiger partial charge in [0.15, 0.2) is 0 Å². The monoisotopic (exact) mass is 286 g/mol. The summed E-state index contributed by atoms with van der Waals surface area (Å²) in [6, 6.07) is 0. The van der Waals surface area contributed by atoms with Gasteiger partial charge in [-0.3, -0.25) is 9.59 Å². The Morgan fingerprint density at radius 1 is 1.53 bits per heavy atom. The molecule has 2 N–H and O–H groups in total. The van der Waals surface area contributed by atoms with Gasteiger partial charge in [-0.2, -0.15) is 0 Å². The van der Waals surface area contributed by atoms with Crippen molar-refractivity contribution in [3.63, 3.8) is 0 Å². The van der Waals surface area contributed by atoms with E-state index in [1.54, 1.807) is 4.57 Å². The van der Waals surface area contributed by atoms with Gasteiger partial charge < -0.3 is 15.0 Å². The lowest BCUT2D eigenvalue weighted by Crippen LogP contribution is -2.36. The highest BCUT2D eigenvalue weighted by molar-refractivity contribution is 7.07. The van der Waals surface area contributed by atoms with Crippen molar-refractivity contribution in [1.29, 1.82) is 0 Å². The molecule has 0 unspecified atom stereocenters. The summed E-state index contributed by atoms with van der Waals surface area (Å²) < 4.78 is 1.69. The molecule has 6 heteroatoms. The molecule has 1 aromatic heterocycles. The highest BCUT2D eigenvalue weighted by atomic mass is 32.1. The van der Waals surface area contributed by atoms with Gasteiger partial charge in [0.2, 0.25) is 5.91 Å². The molecule has 0 radical (unpaired) electrons. The molecular formula is C13H22N2O3S. The van der Waals surface area contributed by atoms with Crippen LogP contribution in [0.5, 0.6) is 0 Å². The fourth-order valence-corrected chi connectivity index (χ4v) is 2.32. The molecular weight excluding hydrogens is 264 g/mol. The number of nitrogens with zero attached hydrogens (tertiary/aromatic N) is 1. The van der Waals surface area contributed by atoms with Gasteiger partial charge in [-0.05, 0) is 13.3 Å². The number of rotatable bonds is 7. The number of carbonyl (C=O) groups excluding carboxylic acids is 1. The SMILES string of the molecule is Cc1csc(=O)n1CCCC(=O)NCC(C)(C)CO. The first-order valence-electron chi connectivity index (χ1n) is 6.38. The topological polar surface area (TPSA) is 71.3 Å². The Kier molecular flexibility index (Phi) is 5.75. The van der Waals surface area contributed by atoms with E-state index in [0.29, 0.717) is 25.9 Å². The Morgan fingerprint density at radius 2 is 2.21 bits per heavy atom. The average Bonchev–Trinajstić information content (AvgIpc) is 2.68. The lowest BCUT2D eigenvalue weighted by Gasteiger charge is -2.21. The van der Waals surface area contributed by atoms with Crippen molar-refractivity contribution in [3.05, 3.63) is 20.7 Å². The third kappa shape index (κ3) is 5.16. The normalized spacial score (nSPS) is 11.6. The molecule has 0 aromatic carbocycles. The first-order chi connectivity index (χ1) is 8.85. The molecule has 1 aromatic rings. The molecule has 108 valence electrons. The Hall–Kier alpha value is -1.14. The van der Waals surface area contributed by atoms with E-state index in [2.05, 4.69) is 5.32 Å². The fraction of sp³-hybridized carbons (Fsp3) is 0.692. The predicted molar refractivity (Wildman–Crippen MR) is 76.4 cm³/mol. The van der Waals surface area contributed by atoms with E-state index in [9.17, 15) is 9.59 Å². The van der Waals surface area contributed by atoms with Gasteiger partial charge in [-0.15, -0.1) is 0 Å². The Bertz CT molecular complexity index is 476.